The number of hydrogen-bond acceptors (Lipinski definition) is 2. The second kappa shape index (κ2) is 6.20. The fraction of sp³-hybridized carbons (Fsp3) is 0.786. The monoisotopic (exact) mass is 235 g/mol. The lowest BCUT2D eigenvalue weighted by molar-refractivity contribution is 0.273. The van der Waals surface area contributed by atoms with Crippen LogP contribution in [0.1, 0.15) is 38.2 Å². The minimum atomic E-state index is 0.901. The van der Waals surface area contributed by atoms with E-state index in [1.165, 1.54) is 37.8 Å². The van der Waals surface area contributed by atoms with Gasteiger partial charge in [-0.1, -0.05) is 19.8 Å². The lowest BCUT2D eigenvalue weighted by Crippen LogP contribution is -2.29. The molecule has 0 amide bonds. The van der Waals surface area contributed by atoms with Gasteiger partial charge in [-0.2, -0.15) is 5.10 Å². The first-order chi connectivity index (χ1) is 8.24. The van der Waals surface area contributed by atoms with E-state index in [9.17, 15) is 0 Å². The fourth-order valence-corrected chi connectivity index (χ4v) is 2.83. The van der Waals surface area contributed by atoms with Gasteiger partial charge in [0.2, 0.25) is 0 Å². The van der Waals surface area contributed by atoms with Crippen molar-refractivity contribution in [2.24, 2.45) is 11.8 Å². The molecule has 1 N–H and O–H groups in total. The predicted molar refractivity (Wildman–Crippen MR) is 71.0 cm³/mol. The van der Waals surface area contributed by atoms with Crippen molar-refractivity contribution in [2.75, 3.05) is 13.1 Å². The lowest BCUT2D eigenvalue weighted by atomic mass is 9.82. The molecule has 17 heavy (non-hydrogen) atoms. The Morgan fingerprint density at radius 3 is 3.06 bits per heavy atom. The predicted octanol–water partition coefficient (Wildman–Crippen LogP) is 2.61. The van der Waals surface area contributed by atoms with E-state index in [1.54, 1.807) is 0 Å². The van der Waals surface area contributed by atoms with E-state index in [4.69, 9.17) is 0 Å². The Hall–Kier alpha value is -0.830. The third-order valence-electron chi connectivity index (χ3n) is 3.76. The third kappa shape index (κ3) is 4.15. The Labute approximate surface area is 105 Å². The van der Waals surface area contributed by atoms with Crippen molar-refractivity contribution in [1.82, 2.24) is 15.1 Å². The van der Waals surface area contributed by atoms with Gasteiger partial charge in [-0.05, 0) is 43.7 Å². The zero-order valence-electron chi connectivity index (χ0n) is 11.2. The van der Waals surface area contributed by atoms with Crippen LogP contribution in [0.15, 0.2) is 12.4 Å². The summed E-state index contributed by atoms with van der Waals surface area (Å²) in [5.41, 5.74) is 1.24. The highest BCUT2D eigenvalue weighted by atomic mass is 15.3. The SMILES string of the molecule is Cc1cnn(CCNCC2CCCC(C)C2)c1. The van der Waals surface area contributed by atoms with Gasteiger partial charge in [-0.15, -0.1) is 0 Å². The molecule has 0 aromatic carbocycles. The molecule has 1 aromatic rings. The van der Waals surface area contributed by atoms with Gasteiger partial charge in [0, 0.05) is 12.7 Å². The van der Waals surface area contributed by atoms with E-state index >= 15 is 0 Å². The maximum Gasteiger partial charge on any atom is 0.0534 e. The molecule has 2 unspecified atom stereocenters. The van der Waals surface area contributed by atoms with Gasteiger partial charge in [0.1, 0.15) is 0 Å². The van der Waals surface area contributed by atoms with Crippen molar-refractivity contribution < 1.29 is 0 Å². The molecule has 1 aliphatic carbocycles. The molecule has 0 spiro atoms. The van der Waals surface area contributed by atoms with E-state index in [-0.39, 0.29) is 0 Å². The first-order valence-electron chi connectivity index (χ1n) is 6.94. The standard InChI is InChI=1S/C14H25N3/c1-12-4-3-5-14(8-12)10-15-6-7-17-11-13(2)9-16-17/h9,11-12,14-15H,3-8,10H2,1-2H3. The van der Waals surface area contributed by atoms with Crippen LogP contribution in [-0.4, -0.2) is 22.9 Å². The van der Waals surface area contributed by atoms with Crippen LogP contribution in [-0.2, 0) is 6.54 Å². The average Bonchev–Trinajstić information content (AvgIpc) is 2.71. The normalized spacial score (nSPS) is 25.1. The molecule has 0 aliphatic heterocycles. The maximum absolute atomic E-state index is 4.29. The average molecular weight is 235 g/mol. The van der Waals surface area contributed by atoms with E-state index in [0.29, 0.717) is 0 Å². The number of nitrogens with one attached hydrogen (secondary N) is 1. The van der Waals surface area contributed by atoms with Crippen molar-refractivity contribution in [2.45, 2.75) is 46.1 Å². The van der Waals surface area contributed by atoms with Crippen LogP contribution in [0, 0.1) is 18.8 Å². The Balaban J connectivity index is 1.59. The maximum atomic E-state index is 4.29. The van der Waals surface area contributed by atoms with Crippen LogP contribution < -0.4 is 5.32 Å². The molecular formula is C14H25N3. The molecular weight excluding hydrogens is 210 g/mol. The molecule has 1 saturated carbocycles. The molecule has 1 heterocycles. The van der Waals surface area contributed by atoms with Gasteiger partial charge in [0.05, 0.1) is 12.7 Å². The quantitative estimate of drug-likeness (QED) is 0.795. The van der Waals surface area contributed by atoms with Crippen molar-refractivity contribution >= 4 is 0 Å². The van der Waals surface area contributed by atoms with Crippen LogP contribution in [0.3, 0.4) is 0 Å². The Morgan fingerprint density at radius 2 is 2.35 bits per heavy atom. The highest BCUT2D eigenvalue weighted by molar-refractivity contribution is 4.99. The second-order valence-corrected chi connectivity index (χ2v) is 5.62. The summed E-state index contributed by atoms with van der Waals surface area (Å²) in [5.74, 6) is 1.84. The molecule has 0 saturated heterocycles. The van der Waals surface area contributed by atoms with Gasteiger partial charge in [-0.3, -0.25) is 4.68 Å². The van der Waals surface area contributed by atoms with Crippen molar-refractivity contribution in [1.29, 1.82) is 0 Å². The van der Waals surface area contributed by atoms with Crippen LogP contribution in [0.5, 0.6) is 0 Å². The summed E-state index contributed by atoms with van der Waals surface area (Å²) >= 11 is 0. The molecule has 2 atom stereocenters. The first kappa shape index (κ1) is 12.6. The lowest BCUT2D eigenvalue weighted by Gasteiger charge is -2.26. The number of nitrogens with zero attached hydrogens (tertiary/aromatic N) is 2. The van der Waals surface area contributed by atoms with Crippen LogP contribution in [0.2, 0.25) is 0 Å². The molecule has 96 valence electrons. The zero-order valence-corrected chi connectivity index (χ0v) is 11.2. The fourth-order valence-electron chi connectivity index (χ4n) is 2.83. The van der Waals surface area contributed by atoms with Gasteiger partial charge < -0.3 is 5.32 Å². The van der Waals surface area contributed by atoms with E-state index < -0.39 is 0 Å². The molecule has 3 nitrogen and oxygen atoms in total. The van der Waals surface area contributed by atoms with Gasteiger partial charge in [-0.25, -0.2) is 0 Å². The van der Waals surface area contributed by atoms with Crippen LogP contribution >= 0.6 is 0 Å². The highest BCUT2D eigenvalue weighted by Gasteiger charge is 2.17. The number of aromatic nitrogens is 2. The Morgan fingerprint density at radius 1 is 1.47 bits per heavy atom. The molecule has 1 aromatic heterocycles. The van der Waals surface area contributed by atoms with Gasteiger partial charge in [0.25, 0.3) is 0 Å². The molecule has 0 bridgehead atoms. The largest absolute Gasteiger partial charge is 0.315 e. The van der Waals surface area contributed by atoms with Crippen molar-refractivity contribution in [3.63, 3.8) is 0 Å². The zero-order chi connectivity index (χ0) is 12.1. The summed E-state index contributed by atoms with van der Waals surface area (Å²) in [6.07, 6.45) is 9.70. The summed E-state index contributed by atoms with van der Waals surface area (Å²) in [5, 5.41) is 7.86. The topological polar surface area (TPSA) is 29.9 Å². The number of hydrogen-bond donors (Lipinski definition) is 1. The number of aryl methyl sites for hydroxylation is 1. The molecule has 1 aliphatic rings. The second-order valence-electron chi connectivity index (χ2n) is 5.62. The Bertz CT molecular complexity index is 332. The van der Waals surface area contributed by atoms with Crippen molar-refractivity contribution in [3.05, 3.63) is 18.0 Å². The van der Waals surface area contributed by atoms with Crippen molar-refractivity contribution in [3.8, 4) is 0 Å². The molecule has 2 rings (SSSR count). The van der Waals surface area contributed by atoms with Gasteiger partial charge >= 0.3 is 0 Å². The molecule has 3 heteroatoms. The molecule has 0 radical (unpaired) electrons. The summed E-state index contributed by atoms with van der Waals surface area (Å²) in [6, 6.07) is 0. The number of rotatable bonds is 5. The van der Waals surface area contributed by atoms with E-state index in [0.717, 1.165) is 24.9 Å². The summed E-state index contributed by atoms with van der Waals surface area (Å²) in [6.45, 7) is 7.67. The first-order valence-corrected chi connectivity index (χ1v) is 6.94. The van der Waals surface area contributed by atoms with Crippen LogP contribution in [0.4, 0.5) is 0 Å². The smallest absolute Gasteiger partial charge is 0.0534 e. The summed E-state index contributed by atoms with van der Waals surface area (Å²) in [4.78, 5) is 0. The van der Waals surface area contributed by atoms with E-state index in [1.807, 2.05) is 10.9 Å². The Kier molecular flexibility index (Phi) is 4.60. The minimum absolute atomic E-state index is 0.901. The molecule has 1 fully saturated rings. The highest BCUT2D eigenvalue weighted by Crippen LogP contribution is 2.27. The van der Waals surface area contributed by atoms with Crippen LogP contribution in [0.25, 0.3) is 0 Å². The summed E-state index contributed by atoms with van der Waals surface area (Å²) in [7, 11) is 0. The minimum Gasteiger partial charge on any atom is -0.315 e. The summed E-state index contributed by atoms with van der Waals surface area (Å²) < 4.78 is 2.02. The van der Waals surface area contributed by atoms with E-state index in [2.05, 4.69) is 30.5 Å². The van der Waals surface area contributed by atoms with Gasteiger partial charge in [0.15, 0.2) is 0 Å². The third-order valence-corrected chi connectivity index (χ3v) is 3.76.